The van der Waals surface area contributed by atoms with Crippen LogP contribution >= 0.6 is 11.6 Å². The molecule has 1 rings (SSSR count). The second kappa shape index (κ2) is 7.01. The van der Waals surface area contributed by atoms with Gasteiger partial charge in [0.25, 0.3) is 5.91 Å². The molecule has 1 aromatic rings. The van der Waals surface area contributed by atoms with Gasteiger partial charge in [0.2, 0.25) is 5.91 Å². The molecule has 1 unspecified atom stereocenters. The Balaban J connectivity index is 2.54. The van der Waals surface area contributed by atoms with E-state index in [0.717, 1.165) is 5.56 Å². The van der Waals surface area contributed by atoms with Crippen molar-refractivity contribution in [3.05, 3.63) is 35.4 Å². The van der Waals surface area contributed by atoms with Crippen LogP contribution in [0.4, 0.5) is 0 Å². The van der Waals surface area contributed by atoms with Crippen molar-refractivity contribution in [2.75, 3.05) is 12.9 Å². The molecule has 2 N–H and O–H groups in total. The number of amides is 2. The minimum Gasteiger partial charge on any atom is -0.355 e. The van der Waals surface area contributed by atoms with Crippen molar-refractivity contribution in [1.82, 2.24) is 10.6 Å². The van der Waals surface area contributed by atoms with Gasteiger partial charge in [-0.1, -0.05) is 19.1 Å². The first-order valence-corrected chi connectivity index (χ1v) is 6.26. The van der Waals surface area contributed by atoms with Crippen molar-refractivity contribution in [3.63, 3.8) is 0 Å². The third-order valence-corrected chi connectivity index (χ3v) is 3.05. The fourth-order valence-electron chi connectivity index (χ4n) is 1.35. The number of rotatable bonds is 5. The molecule has 1 atom stereocenters. The van der Waals surface area contributed by atoms with E-state index in [9.17, 15) is 9.59 Å². The Labute approximate surface area is 112 Å². The van der Waals surface area contributed by atoms with Crippen molar-refractivity contribution in [1.29, 1.82) is 0 Å². The predicted octanol–water partition coefficient (Wildman–Crippen LogP) is 1.54. The minimum atomic E-state index is -0.197. The number of carbonyl (C=O) groups is 2. The fourth-order valence-corrected chi connectivity index (χ4v) is 1.49. The lowest BCUT2D eigenvalue weighted by Crippen LogP contribution is -2.29. The summed E-state index contributed by atoms with van der Waals surface area (Å²) in [6, 6.07) is 7.09. The summed E-state index contributed by atoms with van der Waals surface area (Å²) in [6.07, 6.45) is 0. The summed E-state index contributed by atoms with van der Waals surface area (Å²) in [6.45, 7) is 2.21. The summed E-state index contributed by atoms with van der Waals surface area (Å²) in [7, 11) is 1.59. The van der Waals surface area contributed by atoms with E-state index < -0.39 is 0 Å². The van der Waals surface area contributed by atoms with E-state index in [1.54, 1.807) is 26.1 Å². The van der Waals surface area contributed by atoms with Crippen LogP contribution in [-0.4, -0.2) is 24.7 Å². The molecule has 0 fully saturated rings. The van der Waals surface area contributed by atoms with Crippen molar-refractivity contribution in [3.8, 4) is 0 Å². The molecule has 0 spiro atoms. The normalized spacial score (nSPS) is 11.7. The molecule has 0 aliphatic heterocycles. The van der Waals surface area contributed by atoms with Crippen molar-refractivity contribution in [2.45, 2.75) is 13.5 Å². The smallest absolute Gasteiger partial charge is 0.251 e. The number of nitrogens with one attached hydrogen (secondary N) is 2. The molecule has 4 nitrogen and oxygen atoms in total. The number of hydrogen-bond donors (Lipinski definition) is 2. The van der Waals surface area contributed by atoms with Crippen LogP contribution in [0.1, 0.15) is 22.8 Å². The van der Waals surface area contributed by atoms with Gasteiger partial charge in [-0.3, -0.25) is 9.59 Å². The molecule has 0 radical (unpaired) electrons. The van der Waals surface area contributed by atoms with E-state index in [1.165, 1.54) is 0 Å². The zero-order valence-corrected chi connectivity index (χ0v) is 11.3. The highest BCUT2D eigenvalue weighted by Gasteiger charge is 2.10. The zero-order valence-electron chi connectivity index (χ0n) is 10.5. The highest BCUT2D eigenvalue weighted by atomic mass is 35.5. The van der Waals surface area contributed by atoms with Crippen molar-refractivity contribution in [2.24, 2.45) is 5.92 Å². The van der Waals surface area contributed by atoms with Gasteiger partial charge in [0, 0.05) is 31.0 Å². The molecule has 0 aliphatic rings. The van der Waals surface area contributed by atoms with Gasteiger partial charge in [0.05, 0.1) is 0 Å². The maximum Gasteiger partial charge on any atom is 0.251 e. The first-order chi connectivity index (χ1) is 8.58. The lowest BCUT2D eigenvalue weighted by molar-refractivity contribution is -0.124. The van der Waals surface area contributed by atoms with Crippen LogP contribution in [0.5, 0.6) is 0 Å². The SMILES string of the molecule is CNC(=O)c1ccc(CNC(=O)C(C)CCl)cc1. The molecular weight excluding hydrogens is 252 g/mol. The monoisotopic (exact) mass is 268 g/mol. The molecule has 0 saturated heterocycles. The Morgan fingerprint density at radius 1 is 1.28 bits per heavy atom. The summed E-state index contributed by atoms with van der Waals surface area (Å²) in [5.41, 5.74) is 1.54. The minimum absolute atomic E-state index is 0.0691. The highest BCUT2D eigenvalue weighted by Crippen LogP contribution is 2.05. The van der Waals surface area contributed by atoms with Crippen LogP contribution in [-0.2, 0) is 11.3 Å². The largest absolute Gasteiger partial charge is 0.355 e. The van der Waals surface area contributed by atoms with E-state index in [4.69, 9.17) is 11.6 Å². The summed E-state index contributed by atoms with van der Waals surface area (Å²) >= 11 is 5.59. The lowest BCUT2D eigenvalue weighted by Gasteiger charge is -2.09. The summed E-state index contributed by atoms with van der Waals surface area (Å²) < 4.78 is 0. The number of carbonyl (C=O) groups excluding carboxylic acids is 2. The van der Waals surface area contributed by atoms with E-state index >= 15 is 0 Å². The van der Waals surface area contributed by atoms with Crippen LogP contribution in [0.2, 0.25) is 0 Å². The second-order valence-electron chi connectivity index (χ2n) is 4.05. The second-order valence-corrected chi connectivity index (χ2v) is 4.36. The van der Waals surface area contributed by atoms with Gasteiger partial charge in [0.1, 0.15) is 0 Å². The Morgan fingerprint density at radius 3 is 2.39 bits per heavy atom. The topological polar surface area (TPSA) is 58.2 Å². The molecule has 0 aliphatic carbocycles. The number of hydrogen-bond acceptors (Lipinski definition) is 2. The average Bonchev–Trinajstić information content (AvgIpc) is 2.43. The average molecular weight is 269 g/mol. The van der Waals surface area contributed by atoms with E-state index in [0.29, 0.717) is 18.0 Å². The van der Waals surface area contributed by atoms with Gasteiger partial charge in [-0.05, 0) is 17.7 Å². The summed E-state index contributed by atoms with van der Waals surface area (Å²) in [5.74, 6) is -0.0833. The predicted molar refractivity (Wildman–Crippen MR) is 71.6 cm³/mol. The van der Waals surface area contributed by atoms with E-state index in [2.05, 4.69) is 10.6 Å². The molecule has 0 bridgehead atoms. The molecule has 18 heavy (non-hydrogen) atoms. The first-order valence-electron chi connectivity index (χ1n) is 5.73. The zero-order chi connectivity index (χ0) is 13.5. The molecule has 2 amide bonds. The van der Waals surface area contributed by atoms with Gasteiger partial charge in [-0.2, -0.15) is 0 Å². The Kier molecular flexibility index (Phi) is 5.65. The Hall–Kier alpha value is -1.55. The lowest BCUT2D eigenvalue weighted by atomic mass is 10.1. The third-order valence-electron chi connectivity index (χ3n) is 2.59. The molecule has 0 heterocycles. The Bertz CT molecular complexity index is 418. The van der Waals surface area contributed by atoms with E-state index in [-0.39, 0.29) is 17.7 Å². The quantitative estimate of drug-likeness (QED) is 0.796. The number of alkyl halides is 1. The molecule has 0 saturated carbocycles. The third kappa shape index (κ3) is 4.04. The van der Waals surface area contributed by atoms with Crippen LogP contribution in [0.3, 0.4) is 0 Å². The summed E-state index contributed by atoms with van der Waals surface area (Å²) in [4.78, 5) is 22.8. The highest BCUT2D eigenvalue weighted by molar-refractivity contribution is 6.19. The maximum atomic E-state index is 11.5. The molecule has 98 valence electrons. The Morgan fingerprint density at radius 2 is 1.89 bits per heavy atom. The van der Waals surface area contributed by atoms with Crippen LogP contribution in [0.25, 0.3) is 0 Å². The molecular formula is C13H17ClN2O2. The number of halogens is 1. The first kappa shape index (κ1) is 14.5. The van der Waals surface area contributed by atoms with Crippen molar-refractivity contribution >= 4 is 23.4 Å². The van der Waals surface area contributed by atoms with E-state index in [1.807, 2.05) is 12.1 Å². The van der Waals surface area contributed by atoms with Crippen LogP contribution in [0.15, 0.2) is 24.3 Å². The van der Waals surface area contributed by atoms with Gasteiger partial charge >= 0.3 is 0 Å². The standard InChI is InChI=1S/C13H17ClN2O2/c1-9(7-14)12(17)16-8-10-3-5-11(6-4-10)13(18)15-2/h3-6,9H,7-8H2,1-2H3,(H,15,18)(H,16,17). The van der Waals surface area contributed by atoms with Gasteiger partial charge in [-0.25, -0.2) is 0 Å². The summed E-state index contributed by atoms with van der Waals surface area (Å²) in [5, 5.41) is 5.34. The van der Waals surface area contributed by atoms with Crippen LogP contribution < -0.4 is 10.6 Å². The number of benzene rings is 1. The molecule has 1 aromatic carbocycles. The fraction of sp³-hybridized carbons (Fsp3) is 0.385. The molecule has 0 aromatic heterocycles. The van der Waals surface area contributed by atoms with Crippen molar-refractivity contribution < 1.29 is 9.59 Å². The van der Waals surface area contributed by atoms with Gasteiger partial charge in [0.15, 0.2) is 0 Å². The van der Waals surface area contributed by atoms with Gasteiger partial charge < -0.3 is 10.6 Å². The maximum absolute atomic E-state index is 11.5. The van der Waals surface area contributed by atoms with Crippen LogP contribution in [0, 0.1) is 5.92 Å². The van der Waals surface area contributed by atoms with Gasteiger partial charge in [-0.15, -0.1) is 11.6 Å². The molecule has 5 heteroatoms.